The van der Waals surface area contributed by atoms with Crippen LogP contribution < -0.4 is 4.74 Å². The first-order chi connectivity index (χ1) is 12.6. The fraction of sp³-hybridized carbons (Fsp3) is 0.400. The molecule has 0 saturated carbocycles. The minimum atomic E-state index is -0.175. The molecule has 0 N–H and O–H groups in total. The lowest BCUT2D eigenvalue weighted by atomic mass is 10.1. The number of hydrogen-bond acceptors (Lipinski definition) is 5. The third kappa shape index (κ3) is 4.31. The van der Waals surface area contributed by atoms with E-state index in [1.54, 1.807) is 18.4 Å². The molecule has 1 fully saturated rings. The maximum absolute atomic E-state index is 12.4. The second-order valence-electron chi connectivity index (χ2n) is 6.43. The predicted octanol–water partition coefficient (Wildman–Crippen LogP) is 4.07. The van der Waals surface area contributed by atoms with Crippen LogP contribution in [-0.4, -0.2) is 42.6 Å². The molecule has 1 aromatic heterocycles. The molecule has 1 aliphatic heterocycles. The highest BCUT2D eigenvalue weighted by Gasteiger charge is 2.27. The van der Waals surface area contributed by atoms with Crippen LogP contribution in [0.2, 0.25) is 0 Å². The Morgan fingerprint density at radius 3 is 3.00 bits per heavy atom. The molecule has 2 aromatic rings. The third-order valence-electron chi connectivity index (χ3n) is 4.37. The molecule has 1 aromatic carbocycles. The van der Waals surface area contributed by atoms with E-state index in [1.165, 1.54) is 0 Å². The molecular formula is C20H24N2O3S. The van der Waals surface area contributed by atoms with Gasteiger partial charge in [0.05, 0.1) is 26.0 Å². The highest BCUT2D eigenvalue weighted by atomic mass is 32.1. The number of aromatic nitrogens is 1. The summed E-state index contributed by atoms with van der Waals surface area (Å²) < 4.78 is 11.3. The number of allylic oxidation sites excluding steroid dienone is 1. The summed E-state index contributed by atoms with van der Waals surface area (Å²) in [6, 6.07) is 7.82. The molecule has 0 aliphatic carbocycles. The molecule has 6 heteroatoms. The standard InChI is InChI=1S/C20H24N2O3S/c1-14(2)8-9-19(23)22-10-11-25-18(12-22)20-21-16(13-26-20)15-6-4-5-7-17(15)24-3/h4-7,13,18H,1,8-12H2,2-3H3. The molecular weight excluding hydrogens is 348 g/mol. The van der Waals surface area contributed by atoms with Gasteiger partial charge in [0.25, 0.3) is 0 Å². The molecule has 0 bridgehead atoms. The normalized spacial score (nSPS) is 17.2. The monoisotopic (exact) mass is 372 g/mol. The molecule has 26 heavy (non-hydrogen) atoms. The van der Waals surface area contributed by atoms with Gasteiger partial charge in [0.15, 0.2) is 0 Å². The maximum Gasteiger partial charge on any atom is 0.223 e. The number of methoxy groups -OCH3 is 1. The number of ether oxygens (including phenoxy) is 2. The Morgan fingerprint density at radius 2 is 2.23 bits per heavy atom. The Labute approximate surface area is 158 Å². The Hall–Kier alpha value is -2.18. The Balaban J connectivity index is 1.71. The van der Waals surface area contributed by atoms with Gasteiger partial charge in [0, 0.05) is 23.9 Å². The fourth-order valence-corrected chi connectivity index (χ4v) is 3.78. The van der Waals surface area contributed by atoms with Gasteiger partial charge < -0.3 is 14.4 Å². The number of hydrogen-bond donors (Lipinski definition) is 0. The van der Waals surface area contributed by atoms with Gasteiger partial charge in [-0.05, 0) is 25.5 Å². The van der Waals surface area contributed by atoms with Gasteiger partial charge in [-0.3, -0.25) is 4.79 Å². The van der Waals surface area contributed by atoms with Crippen molar-refractivity contribution in [1.29, 1.82) is 0 Å². The number of para-hydroxylation sites is 1. The van der Waals surface area contributed by atoms with Gasteiger partial charge in [-0.15, -0.1) is 17.9 Å². The average molecular weight is 372 g/mol. The lowest BCUT2D eigenvalue weighted by Gasteiger charge is -2.32. The quantitative estimate of drug-likeness (QED) is 0.717. The van der Waals surface area contributed by atoms with E-state index >= 15 is 0 Å². The van der Waals surface area contributed by atoms with Crippen LogP contribution in [0.5, 0.6) is 5.75 Å². The molecule has 2 heterocycles. The number of amides is 1. The first-order valence-corrected chi connectivity index (χ1v) is 9.59. The van der Waals surface area contributed by atoms with Gasteiger partial charge in [-0.1, -0.05) is 17.7 Å². The summed E-state index contributed by atoms with van der Waals surface area (Å²) >= 11 is 1.56. The van der Waals surface area contributed by atoms with Gasteiger partial charge in [0.2, 0.25) is 5.91 Å². The number of carbonyl (C=O) groups is 1. The summed E-state index contributed by atoms with van der Waals surface area (Å²) in [6.07, 6.45) is 1.06. The summed E-state index contributed by atoms with van der Waals surface area (Å²) in [5.74, 6) is 0.952. The number of morpholine rings is 1. The molecule has 0 radical (unpaired) electrons. The topological polar surface area (TPSA) is 51.7 Å². The molecule has 5 nitrogen and oxygen atoms in total. The van der Waals surface area contributed by atoms with Crippen molar-refractivity contribution in [1.82, 2.24) is 9.88 Å². The van der Waals surface area contributed by atoms with E-state index in [2.05, 4.69) is 6.58 Å². The van der Waals surface area contributed by atoms with E-state index in [0.29, 0.717) is 26.1 Å². The zero-order valence-corrected chi connectivity index (χ0v) is 16.1. The van der Waals surface area contributed by atoms with Gasteiger partial charge in [0.1, 0.15) is 16.9 Å². The Kier molecular flexibility index (Phi) is 6.06. The van der Waals surface area contributed by atoms with Crippen LogP contribution in [0.25, 0.3) is 11.3 Å². The van der Waals surface area contributed by atoms with E-state index in [9.17, 15) is 4.79 Å². The average Bonchev–Trinajstić information content (AvgIpc) is 3.16. The van der Waals surface area contributed by atoms with E-state index in [-0.39, 0.29) is 12.0 Å². The second-order valence-corrected chi connectivity index (χ2v) is 7.32. The molecule has 0 spiro atoms. The Morgan fingerprint density at radius 1 is 1.42 bits per heavy atom. The highest BCUT2D eigenvalue weighted by Crippen LogP contribution is 2.33. The van der Waals surface area contributed by atoms with Crippen molar-refractivity contribution in [2.24, 2.45) is 0 Å². The molecule has 1 aliphatic rings. The number of thiazole rings is 1. The Bertz CT molecular complexity index is 787. The van der Waals surface area contributed by atoms with Gasteiger partial charge in [-0.2, -0.15) is 0 Å². The molecule has 1 atom stereocenters. The number of benzene rings is 1. The van der Waals surface area contributed by atoms with Gasteiger partial charge in [-0.25, -0.2) is 4.98 Å². The summed E-state index contributed by atoms with van der Waals surface area (Å²) in [6.45, 7) is 7.53. The zero-order valence-electron chi connectivity index (χ0n) is 15.2. The maximum atomic E-state index is 12.4. The van der Waals surface area contributed by atoms with Crippen molar-refractivity contribution in [3.05, 3.63) is 46.8 Å². The van der Waals surface area contributed by atoms with Crippen LogP contribution in [-0.2, 0) is 9.53 Å². The largest absolute Gasteiger partial charge is 0.496 e. The van der Waals surface area contributed by atoms with Crippen LogP contribution >= 0.6 is 11.3 Å². The number of nitrogens with zero attached hydrogens (tertiary/aromatic N) is 2. The van der Waals surface area contributed by atoms with E-state index in [1.807, 2.05) is 41.5 Å². The minimum absolute atomic E-state index is 0.155. The smallest absolute Gasteiger partial charge is 0.223 e. The van der Waals surface area contributed by atoms with Crippen LogP contribution in [0.15, 0.2) is 41.8 Å². The number of rotatable bonds is 6. The lowest BCUT2D eigenvalue weighted by molar-refractivity contribution is -0.139. The summed E-state index contributed by atoms with van der Waals surface area (Å²) in [5.41, 5.74) is 2.86. The van der Waals surface area contributed by atoms with Crippen molar-refractivity contribution < 1.29 is 14.3 Å². The van der Waals surface area contributed by atoms with E-state index in [4.69, 9.17) is 14.5 Å². The van der Waals surface area contributed by atoms with E-state index in [0.717, 1.165) is 34.0 Å². The molecule has 1 saturated heterocycles. The number of carbonyl (C=O) groups excluding carboxylic acids is 1. The van der Waals surface area contributed by atoms with Crippen molar-refractivity contribution in [3.8, 4) is 17.0 Å². The lowest BCUT2D eigenvalue weighted by Crippen LogP contribution is -2.42. The molecule has 3 rings (SSSR count). The molecule has 138 valence electrons. The predicted molar refractivity (Wildman–Crippen MR) is 103 cm³/mol. The summed E-state index contributed by atoms with van der Waals surface area (Å²) in [7, 11) is 1.66. The first-order valence-electron chi connectivity index (χ1n) is 8.71. The first kappa shape index (κ1) is 18.6. The third-order valence-corrected chi connectivity index (χ3v) is 5.30. The van der Waals surface area contributed by atoms with Crippen LogP contribution in [0.3, 0.4) is 0 Å². The van der Waals surface area contributed by atoms with E-state index < -0.39 is 0 Å². The second kappa shape index (κ2) is 8.47. The van der Waals surface area contributed by atoms with Crippen molar-refractivity contribution in [2.75, 3.05) is 26.8 Å². The minimum Gasteiger partial charge on any atom is -0.496 e. The van der Waals surface area contributed by atoms with Gasteiger partial charge >= 0.3 is 0 Å². The van der Waals surface area contributed by atoms with Crippen LogP contribution in [0.4, 0.5) is 0 Å². The van der Waals surface area contributed by atoms with Crippen LogP contribution in [0.1, 0.15) is 30.9 Å². The molecule has 1 unspecified atom stereocenters. The SMILES string of the molecule is C=C(C)CCC(=O)N1CCOC(c2nc(-c3ccccc3OC)cs2)C1. The van der Waals surface area contributed by atoms with Crippen molar-refractivity contribution >= 4 is 17.2 Å². The fourth-order valence-electron chi connectivity index (χ4n) is 2.92. The molecule has 1 amide bonds. The highest BCUT2D eigenvalue weighted by molar-refractivity contribution is 7.10. The van der Waals surface area contributed by atoms with Crippen molar-refractivity contribution in [2.45, 2.75) is 25.9 Å². The zero-order chi connectivity index (χ0) is 18.5. The van der Waals surface area contributed by atoms with Crippen molar-refractivity contribution in [3.63, 3.8) is 0 Å². The summed E-state index contributed by atoms with van der Waals surface area (Å²) in [5, 5.41) is 2.90. The van der Waals surface area contributed by atoms with Crippen LogP contribution in [0, 0.1) is 0 Å². The summed E-state index contributed by atoms with van der Waals surface area (Å²) in [4.78, 5) is 19.0.